The first-order chi connectivity index (χ1) is 21.9. The van der Waals surface area contributed by atoms with E-state index in [1.54, 1.807) is 0 Å². The topological polar surface area (TPSA) is 30.7 Å². The van der Waals surface area contributed by atoms with Crippen LogP contribution in [0.3, 0.4) is 0 Å². The first kappa shape index (κ1) is 26.2. The van der Waals surface area contributed by atoms with Crippen LogP contribution in [0.15, 0.2) is 127 Å². The lowest BCUT2D eigenvalue weighted by Gasteiger charge is -2.49. The monoisotopic (exact) mass is 579 g/mol. The van der Waals surface area contributed by atoms with E-state index < -0.39 is 0 Å². The summed E-state index contributed by atoms with van der Waals surface area (Å²) in [5.74, 6) is 0.692. The van der Waals surface area contributed by atoms with Gasteiger partial charge in [0.2, 0.25) is 5.95 Å². The van der Waals surface area contributed by atoms with Gasteiger partial charge in [-0.05, 0) is 45.0 Å². The predicted octanol–water partition coefficient (Wildman–Crippen LogP) is 10.8. The van der Waals surface area contributed by atoms with Crippen molar-refractivity contribution in [1.29, 1.82) is 0 Å². The quantitative estimate of drug-likeness (QED) is 0.204. The molecule has 2 aromatic heterocycles. The van der Waals surface area contributed by atoms with Crippen molar-refractivity contribution >= 4 is 43.5 Å². The van der Waals surface area contributed by atoms with Crippen molar-refractivity contribution in [2.45, 2.75) is 38.5 Å². The Labute approximate surface area is 262 Å². The van der Waals surface area contributed by atoms with E-state index in [2.05, 4.69) is 160 Å². The Morgan fingerprint density at radius 2 is 1.22 bits per heavy atom. The molecule has 216 valence electrons. The number of hydrogen-bond donors (Lipinski definition) is 0. The second-order valence-corrected chi connectivity index (χ2v) is 13.5. The van der Waals surface area contributed by atoms with Crippen LogP contribution < -0.4 is 0 Å². The van der Waals surface area contributed by atoms with Gasteiger partial charge < -0.3 is 0 Å². The zero-order chi connectivity index (χ0) is 30.5. The van der Waals surface area contributed by atoms with E-state index in [-0.39, 0.29) is 10.8 Å². The highest BCUT2D eigenvalue weighted by Crippen LogP contribution is 2.57. The molecular formula is C42H33N3. The van der Waals surface area contributed by atoms with Crippen LogP contribution in [0.2, 0.25) is 0 Å². The maximum atomic E-state index is 5.39. The molecule has 9 rings (SSSR count). The van der Waals surface area contributed by atoms with Crippen molar-refractivity contribution in [3.05, 3.63) is 139 Å². The zero-order valence-corrected chi connectivity index (χ0v) is 26.0. The van der Waals surface area contributed by atoms with E-state index in [1.807, 2.05) is 0 Å². The highest BCUT2D eigenvalue weighted by atomic mass is 15.2. The maximum absolute atomic E-state index is 5.39. The third-order valence-electron chi connectivity index (χ3n) is 10.7. The standard InChI is InChI=1S/C42H33N3/c1-41(2)33-25-24-30-29-18-11-13-21-35(29)45(40-43-34-20-12-10-19-31(34)38(44-40)27-15-6-5-7-16-27)39(30)36(33)32-23-22-26-14-8-9-17-28(26)37(32)42(41,3)4/h5-25H,1-4H3. The van der Waals surface area contributed by atoms with Gasteiger partial charge in [0.05, 0.1) is 22.2 Å². The molecule has 0 atom stereocenters. The summed E-state index contributed by atoms with van der Waals surface area (Å²) >= 11 is 0. The van der Waals surface area contributed by atoms with Crippen LogP contribution in [0.4, 0.5) is 0 Å². The molecule has 0 fully saturated rings. The Morgan fingerprint density at radius 3 is 2.04 bits per heavy atom. The molecule has 45 heavy (non-hydrogen) atoms. The molecule has 0 saturated carbocycles. The summed E-state index contributed by atoms with van der Waals surface area (Å²) in [6, 6.07) is 45.7. The van der Waals surface area contributed by atoms with Crippen molar-refractivity contribution in [1.82, 2.24) is 14.5 Å². The number of rotatable bonds is 2. The van der Waals surface area contributed by atoms with E-state index in [1.165, 1.54) is 49.3 Å². The first-order valence-corrected chi connectivity index (χ1v) is 15.8. The molecule has 1 aliphatic rings. The molecule has 8 aromatic rings. The number of benzene rings is 6. The van der Waals surface area contributed by atoms with Crippen LogP contribution >= 0.6 is 0 Å². The Morgan fingerprint density at radius 1 is 0.533 bits per heavy atom. The maximum Gasteiger partial charge on any atom is 0.235 e. The summed E-state index contributed by atoms with van der Waals surface area (Å²) in [7, 11) is 0. The Kier molecular flexibility index (Phi) is 5.30. The Hall–Kier alpha value is -5.28. The fourth-order valence-electron chi connectivity index (χ4n) is 7.84. The van der Waals surface area contributed by atoms with Crippen LogP contribution in [-0.4, -0.2) is 14.5 Å². The van der Waals surface area contributed by atoms with Crippen LogP contribution in [0, 0.1) is 0 Å². The van der Waals surface area contributed by atoms with E-state index in [0.29, 0.717) is 5.95 Å². The molecule has 0 N–H and O–H groups in total. The van der Waals surface area contributed by atoms with Gasteiger partial charge in [0.15, 0.2) is 0 Å². The van der Waals surface area contributed by atoms with E-state index in [0.717, 1.165) is 27.7 Å². The number of para-hydroxylation sites is 2. The van der Waals surface area contributed by atoms with Gasteiger partial charge in [-0.25, -0.2) is 9.97 Å². The average Bonchev–Trinajstić information content (AvgIpc) is 3.41. The predicted molar refractivity (Wildman–Crippen MR) is 188 cm³/mol. The lowest BCUT2D eigenvalue weighted by atomic mass is 9.54. The normalized spacial score (nSPS) is 15.0. The average molecular weight is 580 g/mol. The lowest BCUT2D eigenvalue weighted by molar-refractivity contribution is 0.301. The number of fused-ring (bicyclic) bond motifs is 10. The Balaban J connectivity index is 1.48. The van der Waals surface area contributed by atoms with Gasteiger partial charge in [-0.3, -0.25) is 4.57 Å². The van der Waals surface area contributed by atoms with Gasteiger partial charge in [-0.2, -0.15) is 0 Å². The highest BCUT2D eigenvalue weighted by Gasteiger charge is 2.47. The third kappa shape index (κ3) is 3.47. The molecule has 0 saturated heterocycles. The number of aromatic nitrogens is 3. The SMILES string of the molecule is CC1(C)c2ccc3c4ccccc4n(-c4nc(-c5ccccc5)c5ccccc5n4)c3c2-c2ccc3ccccc3c2C1(C)C. The van der Waals surface area contributed by atoms with Crippen LogP contribution in [0.25, 0.3) is 71.8 Å². The van der Waals surface area contributed by atoms with Crippen molar-refractivity contribution in [3.8, 4) is 28.3 Å². The van der Waals surface area contributed by atoms with Crippen LogP contribution in [0.5, 0.6) is 0 Å². The fraction of sp³-hybridized carbons (Fsp3) is 0.143. The second-order valence-electron chi connectivity index (χ2n) is 13.5. The lowest BCUT2D eigenvalue weighted by Crippen LogP contribution is -2.43. The highest BCUT2D eigenvalue weighted by molar-refractivity contribution is 6.16. The van der Waals surface area contributed by atoms with E-state index in [4.69, 9.17) is 9.97 Å². The molecule has 0 spiro atoms. The smallest absolute Gasteiger partial charge is 0.235 e. The summed E-state index contributed by atoms with van der Waals surface area (Å²) in [5.41, 5.74) is 10.3. The third-order valence-corrected chi connectivity index (χ3v) is 10.7. The van der Waals surface area contributed by atoms with E-state index >= 15 is 0 Å². The van der Waals surface area contributed by atoms with Gasteiger partial charge in [-0.1, -0.05) is 143 Å². The summed E-state index contributed by atoms with van der Waals surface area (Å²) < 4.78 is 2.33. The second kappa shape index (κ2) is 9.12. The van der Waals surface area contributed by atoms with Crippen molar-refractivity contribution in [2.24, 2.45) is 0 Å². The minimum Gasteiger partial charge on any atom is -0.277 e. The summed E-state index contributed by atoms with van der Waals surface area (Å²) in [6.07, 6.45) is 0. The van der Waals surface area contributed by atoms with Gasteiger partial charge in [0.25, 0.3) is 0 Å². The largest absolute Gasteiger partial charge is 0.277 e. The molecular weight excluding hydrogens is 546 g/mol. The first-order valence-electron chi connectivity index (χ1n) is 15.8. The summed E-state index contributed by atoms with van der Waals surface area (Å²) in [4.78, 5) is 10.7. The van der Waals surface area contributed by atoms with Crippen LogP contribution in [0.1, 0.15) is 38.8 Å². The minimum absolute atomic E-state index is 0.110. The molecule has 2 heterocycles. The van der Waals surface area contributed by atoms with Gasteiger partial charge in [-0.15, -0.1) is 0 Å². The molecule has 0 amide bonds. The summed E-state index contributed by atoms with van der Waals surface area (Å²) in [5, 5.41) is 6.08. The molecule has 3 nitrogen and oxygen atoms in total. The van der Waals surface area contributed by atoms with Crippen LogP contribution in [-0.2, 0) is 10.8 Å². The minimum atomic E-state index is -0.144. The van der Waals surface area contributed by atoms with Crippen molar-refractivity contribution in [2.75, 3.05) is 0 Å². The number of hydrogen-bond acceptors (Lipinski definition) is 2. The molecule has 6 aromatic carbocycles. The Bertz CT molecular complexity index is 2480. The van der Waals surface area contributed by atoms with Gasteiger partial charge in [0.1, 0.15) is 0 Å². The molecule has 0 bridgehead atoms. The van der Waals surface area contributed by atoms with Crippen molar-refractivity contribution < 1.29 is 0 Å². The molecule has 3 heteroatoms. The summed E-state index contributed by atoms with van der Waals surface area (Å²) in [6.45, 7) is 9.66. The van der Waals surface area contributed by atoms with Crippen molar-refractivity contribution in [3.63, 3.8) is 0 Å². The molecule has 0 unspecified atom stereocenters. The molecule has 1 aliphatic carbocycles. The zero-order valence-electron chi connectivity index (χ0n) is 26.0. The number of nitrogens with zero attached hydrogens (tertiary/aromatic N) is 3. The fourth-order valence-corrected chi connectivity index (χ4v) is 7.84. The molecule has 0 aliphatic heterocycles. The van der Waals surface area contributed by atoms with Gasteiger partial charge in [0, 0.05) is 32.7 Å². The van der Waals surface area contributed by atoms with E-state index in [9.17, 15) is 0 Å². The van der Waals surface area contributed by atoms with Gasteiger partial charge >= 0.3 is 0 Å². The molecule has 0 radical (unpaired) electrons.